The molecule has 2 rings (SSSR count). The van der Waals surface area contributed by atoms with Gasteiger partial charge in [-0.25, -0.2) is 8.42 Å². The van der Waals surface area contributed by atoms with E-state index in [1.165, 1.54) is 11.3 Å². The molecule has 1 saturated heterocycles. The van der Waals surface area contributed by atoms with E-state index < -0.39 is 21.7 Å². The molecular formula is C14H24N2O4S. The predicted molar refractivity (Wildman–Crippen MR) is 79.5 cm³/mol. The quantitative estimate of drug-likeness (QED) is 0.767. The Morgan fingerprint density at radius 2 is 1.81 bits per heavy atom. The van der Waals surface area contributed by atoms with Crippen LogP contribution in [0.4, 0.5) is 0 Å². The molecule has 1 saturated carbocycles. The van der Waals surface area contributed by atoms with Gasteiger partial charge < -0.3 is 10.2 Å². The number of nitrogens with one attached hydrogen (secondary N) is 1. The molecule has 1 aliphatic heterocycles. The third kappa shape index (κ3) is 4.18. The summed E-state index contributed by atoms with van der Waals surface area (Å²) in [7, 11) is -3.06. The predicted octanol–water partition coefficient (Wildman–Crippen LogP) is 0.471. The minimum absolute atomic E-state index is 0.0245. The maximum atomic E-state index is 12.3. The molecule has 120 valence electrons. The molecule has 7 heteroatoms. The summed E-state index contributed by atoms with van der Waals surface area (Å²) in [5.74, 6) is -1.10. The second-order valence-corrected chi connectivity index (χ2v) is 8.19. The minimum Gasteiger partial charge on any atom is -0.345 e. The number of hydrogen-bond acceptors (Lipinski definition) is 4. The summed E-state index contributed by atoms with van der Waals surface area (Å²) < 4.78 is 23.1. The third-order valence-corrected chi connectivity index (χ3v) is 6.14. The molecule has 1 atom stereocenters. The molecule has 0 aromatic rings. The van der Waals surface area contributed by atoms with Crippen LogP contribution in [0.15, 0.2) is 0 Å². The lowest BCUT2D eigenvalue weighted by atomic mass is 9.95. The number of likely N-dealkylation sites (N-methyl/N-ethyl adjacent to an activating group) is 1. The fourth-order valence-electron chi connectivity index (χ4n) is 3.21. The summed E-state index contributed by atoms with van der Waals surface area (Å²) in [5.41, 5.74) is 0. The Hall–Kier alpha value is -1.11. The van der Waals surface area contributed by atoms with Crippen LogP contribution in [0.2, 0.25) is 0 Å². The summed E-state index contributed by atoms with van der Waals surface area (Å²) in [4.78, 5) is 25.7. The largest absolute Gasteiger partial charge is 0.345 e. The highest BCUT2D eigenvalue weighted by molar-refractivity contribution is 7.91. The van der Waals surface area contributed by atoms with Gasteiger partial charge in [0.1, 0.15) is 0 Å². The van der Waals surface area contributed by atoms with Gasteiger partial charge in [-0.1, -0.05) is 19.3 Å². The van der Waals surface area contributed by atoms with Crippen molar-refractivity contribution in [3.8, 4) is 0 Å². The van der Waals surface area contributed by atoms with Crippen LogP contribution < -0.4 is 5.32 Å². The average Bonchev–Trinajstić information content (AvgIpc) is 2.80. The number of carbonyl (C=O) groups excluding carboxylic acids is 2. The molecule has 1 unspecified atom stereocenters. The summed E-state index contributed by atoms with van der Waals surface area (Å²) in [6.45, 7) is 2.13. The highest BCUT2D eigenvalue weighted by Crippen LogP contribution is 2.19. The van der Waals surface area contributed by atoms with Gasteiger partial charge >= 0.3 is 11.8 Å². The van der Waals surface area contributed by atoms with Gasteiger partial charge in [-0.3, -0.25) is 9.59 Å². The van der Waals surface area contributed by atoms with Crippen LogP contribution in [-0.2, 0) is 19.4 Å². The van der Waals surface area contributed by atoms with Crippen LogP contribution in [0.25, 0.3) is 0 Å². The van der Waals surface area contributed by atoms with E-state index in [9.17, 15) is 18.0 Å². The first-order valence-corrected chi connectivity index (χ1v) is 9.57. The Morgan fingerprint density at radius 3 is 2.33 bits per heavy atom. The highest BCUT2D eigenvalue weighted by Gasteiger charge is 2.36. The van der Waals surface area contributed by atoms with Crippen molar-refractivity contribution in [1.82, 2.24) is 10.2 Å². The fourth-order valence-corrected chi connectivity index (χ4v) is 4.94. The van der Waals surface area contributed by atoms with Crippen molar-refractivity contribution in [3.05, 3.63) is 0 Å². The molecule has 6 nitrogen and oxygen atoms in total. The molecule has 21 heavy (non-hydrogen) atoms. The van der Waals surface area contributed by atoms with Gasteiger partial charge in [-0.15, -0.1) is 0 Å². The molecule has 1 N–H and O–H groups in total. The lowest BCUT2D eigenvalue weighted by molar-refractivity contribution is -0.147. The Balaban J connectivity index is 1.94. The Morgan fingerprint density at radius 1 is 1.14 bits per heavy atom. The zero-order chi connectivity index (χ0) is 15.5. The molecule has 0 spiro atoms. The number of rotatable bonds is 3. The van der Waals surface area contributed by atoms with E-state index in [1.54, 1.807) is 6.92 Å². The zero-order valence-electron chi connectivity index (χ0n) is 12.5. The van der Waals surface area contributed by atoms with E-state index in [0.29, 0.717) is 13.0 Å². The lowest BCUT2D eigenvalue weighted by Gasteiger charge is -2.28. The van der Waals surface area contributed by atoms with Crippen molar-refractivity contribution in [2.45, 2.75) is 57.5 Å². The summed E-state index contributed by atoms with van der Waals surface area (Å²) in [5, 5.41) is 2.80. The van der Waals surface area contributed by atoms with Crippen molar-refractivity contribution < 1.29 is 18.0 Å². The van der Waals surface area contributed by atoms with E-state index in [4.69, 9.17) is 0 Å². The second-order valence-electron chi connectivity index (χ2n) is 5.96. The van der Waals surface area contributed by atoms with Crippen LogP contribution in [0, 0.1) is 0 Å². The molecule has 0 bridgehead atoms. The Kier molecular flexibility index (Phi) is 5.24. The van der Waals surface area contributed by atoms with Crippen molar-refractivity contribution in [2.24, 2.45) is 0 Å². The SMILES string of the molecule is CCN(C(=O)C(=O)NC1CCCCC1)C1CCS(=O)(=O)C1. The lowest BCUT2D eigenvalue weighted by Crippen LogP contribution is -2.50. The van der Waals surface area contributed by atoms with Crippen LogP contribution in [-0.4, -0.2) is 55.3 Å². The van der Waals surface area contributed by atoms with Gasteiger partial charge in [0.25, 0.3) is 0 Å². The van der Waals surface area contributed by atoms with Gasteiger partial charge in [0.15, 0.2) is 9.84 Å². The van der Waals surface area contributed by atoms with Gasteiger partial charge in [0.05, 0.1) is 11.5 Å². The topological polar surface area (TPSA) is 83.6 Å². The first-order chi connectivity index (χ1) is 9.93. The van der Waals surface area contributed by atoms with Gasteiger partial charge in [0.2, 0.25) is 0 Å². The first kappa shape index (κ1) is 16.3. The van der Waals surface area contributed by atoms with E-state index in [1.807, 2.05) is 0 Å². The normalized spacial score (nSPS) is 25.5. The molecular weight excluding hydrogens is 292 g/mol. The first-order valence-electron chi connectivity index (χ1n) is 7.75. The smallest absolute Gasteiger partial charge is 0.312 e. The molecule has 0 aromatic heterocycles. The van der Waals surface area contributed by atoms with Crippen LogP contribution >= 0.6 is 0 Å². The molecule has 0 radical (unpaired) electrons. The second kappa shape index (κ2) is 6.77. The Bertz CT molecular complexity index is 497. The van der Waals surface area contributed by atoms with Crippen molar-refractivity contribution >= 4 is 21.7 Å². The molecule has 0 aromatic carbocycles. The minimum atomic E-state index is -3.06. The zero-order valence-corrected chi connectivity index (χ0v) is 13.3. The monoisotopic (exact) mass is 316 g/mol. The van der Waals surface area contributed by atoms with Gasteiger partial charge in [0, 0.05) is 18.6 Å². The van der Waals surface area contributed by atoms with Crippen molar-refractivity contribution in [3.63, 3.8) is 0 Å². The summed E-state index contributed by atoms with van der Waals surface area (Å²) >= 11 is 0. The molecule has 1 aliphatic carbocycles. The van der Waals surface area contributed by atoms with Crippen LogP contribution in [0.3, 0.4) is 0 Å². The number of amides is 2. The summed E-state index contributed by atoms with van der Waals surface area (Å²) in [6.07, 6.45) is 5.61. The maximum absolute atomic E-state index is 12.3. The fraction of sp³-hybridized carbons (Fsp3) is 0.857. The van der Waals surface area contributed by atoms with Gasteiger partial charge in [-0.2, -0.15) is 0 Å². The van der Waals surface area contributed by atoms with Crippen molar-refractivity contribution in [1.29, 1.82) is 0 Å². The van der Waals surface area contributed by atoms with E-state index in [0.717, 1.165) is 25.7 Å². The number of carbonyl (C=O) groups is 2. The van der Waals surface area contributed by atoms with Crippen LogP contribution in [0.5, 0.6) is 0 Å². The molecule has 2 aliphatic rings. The van der Waals surface area contributed by atoms with Crippen molar-refractivity contribution in [2.75, 3.05) is 18.1 Å². The molecule has 2 amide bonds. The Labute approximate surface area is 126 Å². The van der Waals surface area contributed by atoms with E-state index in [2.05, 4.69) is 5.32 Å². The number of hydrogen-bond donors (Lipinski definition) is 1. The van der Waals surface area contributed by atoms with Gasteiger partial charge in [-0.05, 0) is 26.2 Å². The highest BCUT2D eigenvalue weighted by atomic mass is 32.2. The third-order valence-electron chi connectivity index (χ3n) is 4.39. The van der Waals surface area contributed by atoms with Crippen LogP contribution in [0.1, 0.15) is 45.4 Å². The maximum Gasteiger partial charge on any atom is 0.312 e. The molecule has 2 fully saturated rings. The van der Waals surface area contributed by atoms with E-state index in [-0.39, 0.29) is 23.6 Å². The summed E-state index contributed by atoms with van der Waals surface area (Å²) in [6, 6.07) is -0.272. The average molecular weight is 316 g/mol. The standard InChI is InChI=1S/C14H24N2O4S/c1-2-16(12-8-9-21(19,20)10-12)14(18)13(17)15-11-6-4-3-5-7-11/h11-12H,2-10H2,1H3,(H,15,17). The number of sulfone groups is 1. The number of nitrogens with zero attached hydrogens (tertiary/aromatic N) is 1. The van der Waals surface area contributed by atoms with E-state index >= 15 is 0 Å². The molecule has 1 heterocycles.